The average molecular weight is 351 g/mol. The fourth-order valence-corrected chi connectivity index (χ4v) is 4.07. The molecule has 3 fully saturated rings. The minimum Gasteiger partial charge on any atom is -0.448 e. The Bertz CT molecular complexity index is 505. The summed E-state index contributed by atoms with van der Waals surface area (Å²) in [5, 5.41) is 2.91. The predicted octanol–water partition coefficient (Wildman–Crippen LogP) is 1.37. The SMILES string of the molecule is O=C(NCCN1CCOC1=O)[C@@H]1CCC(=O)N(CC2CCCCC2)C1. The van der Waals surface area contributed by atoms with Crippen molar-refractivity contribution in [3.63, 3.8) is 0 Å². The Morgan fingerprint density at radius 3 is 2.64 bits per heavy atom. The van der Waals surface area contributed by atoms with Gasteiger partial charge in [0.1, 0.15) is 6.61 Å². The van der Waals surface area contributed by atoms with Gasteiger partial charge >= 0.3 is 6.09 Å². The van der Waals surface area contributed by atoms with E-state index in [1.165, 1.54) is 32.1 Å². The molecule has 25 heavy (non-hydrogen) atoms. The van der Waals surface area contributed by atoms with Crippen molar-refractivity contribution in [3.05, 3.63) is 0 Å². The van der Waals surface area contributed by atoms with Gasteiger partial charge in [-0.25, -0.2) is 4.79 Å². The van der Waals surface area contributed by atoms with Crippen LogP contribution in [0, 0.1) is 11.8 Å². The number of likely N-dealkylation sites (tertiary alicyclic amines) is 1. The molecule has 0 unspecified atom stereocenters. The molecule has 2 saturated heterocycles. The topological polar surface area (TPSA) is 79.0 Å². The molecule has 7 heteroatoms. The molecular weight excluding hydrogens is 322 g/mol. The first-order valence-corrected chi connectivity index (χ1v) is 9.60. The minimum absolute atomic E-state index is 0.00583. The summed E-state index contributed by atoms with van der Waals surface area (Å²) in [5.74, 6) is 0.649. The van der Waals surface area contributed by atoms with Gasteiger partial charge in [-0.05, 0) is 25.2 Å². The van der Waals surface area contributed by atoms with E-state index in [2.05, 4.69) is 5.32 Å². The lowest BCUT2D eigenvalue weighted by Crippen LogP contribution is -2.48. The summed E-state index contributed by atoms with van der Waals surface area (Å²) < 4.78 is 4.87. The molecule has 7 nitrogen and oxygen atoms in total. The van der Waals surface area contributed by atoms with E-state index in [0.29, 0.717) is 51.5 Å². The molecule has 1 saturated carbocycles. The summed E-state index contributed by atoms with van der Waals surface area (Å²) in [7, 11) is 0. The van der Waals surface area contributed by atoms with Crippen LogP contribution in [0.15, 0.2) is 0 Å². The monoisotopic (exact) mass is 351 g/mol. The fourth-order valence-electron chi connectivity index (χ4n) is 4.07. The summed E-state index contributed by atoms with van der Waals surface area (Å²) in [6.45, 7) is 3.26. The molecule has 0 aromatic heterocycles. The third kappa shape index (κ3) is 4.86. The maximum Gasteiger partial charge on any atom is 0.409 e. The Kier molecular flexibility index (Phi) is 6.15. The Morgan fingerprint density at radius 1 is 1.12 bits per heavy atom. The highest BCUT2D eigenvalue weighted by molar-refractivity contribution is 5.83. The first-order chi connectivity index (χ1) is 12.1. The van der Waals surface area contributed by atoms with Crippen LogP contribution >= 0.6 is 0 Å². The molecule has 0 aromatic carbocycles. The molecule has 140 valence electrons. The number of piperidine rings is 1. The summed E-state index contributed by atoms with van der Waals surface area (Å²) in [6, 6.07) is 0. The molecule has 3 aliphatic rings. The number of carbonyl (C=O) groups excluding carboxylic acids is 3. The van der Waals surface area contributed by atoms with Gasteiger partial charge in [-0.3, -0.25) is 9.59 Å². The maximum absolute atomic E-state index is 12.4. The van der Waals surface area contributed by atoms with E-state index in [1.807, 2.05) is 4.90 Å². The van der Waals surface area contributed by atoms with Gasteiger partial charge in [0.15, 0.2) is 0 Å². The van der Waals surface area contributed by atoms with Crippen LogP contribution in [0.1, 0.15) is 44.9 Å². The van der Waals surface area contributed by atoms with Crippen molar-refractivity contribution in [2.45, 2.75) is 44.9 Å². The second kappa shape index (κ2) is 8.54. The maximum atomic E-state index is 12.4. The van der Waals surface area contributed by atoms with Gasteiger partial charge in [-0.2, -0.15) is 0 Å². The van der Waals surface area contributed by atoms with Crippen molar-refractivity contribution in [1.82, 2.24) is 15.1 Å². The molecule has 2 aliphatic heterocycles. The first-order valence-electron chi connectivity index (χ1n) is 9.60. The van der Waals surface area contributed by atoms with Gasteiger partial charge in [0.05, 0.1) is 12.5 Å². The number of ether oxygens (including phenoxy) is 1. The molecule has 1 aliphatic carbocycles. The van der Waals surface area contributed by atoms with E-state index in [9.17, 15) is 14.4 Å². The van der Waals surface area contributed by atoms with Gasteiger partial charge in [0.2, 0.25) is 11.8 Å². The zero-order valence-electron chi connectivity index (χ0n) is 14.9. The Labute approximate surface area is 149 Å². The van der Waals surface area contributed by atoms with Crippen molar-refractivity contribution in [3.8, 4) is 0 Å². The highest BCUT2D eigenvalue weighted by Crippen LogP contribution is 2.27. The fraction of sp³-hybridized carbons (Fsp3) is 0.833. The Morgan fingerprint density at radius 2 is 1.92 bits per heavy atom. The second-order valence-electron chi connectivity index (χ2n) is 7.43. The smallest absolute Gasteiger partial charge is 0.409 e. The quantitative estimate of drug-likeness (QED) is 0.784. The number of hydrogen-bond donors (Lipinski definition) is 1. The molecule has 3 amide bonds. The van der Waals surface area contributed by atoms with E-state index in [-0.39, 0.29) is 23.8 Å². The van der Waals surface area contributed by atoms with Crippen LogP contribution in [0.4, 0.5) is 4.79 Å². The molecule has 1 atom stereocenters. The number of amides is 3. The summed E-state index contributed by atoms with van der Waals surface area (Å²) >= 11 is 0. The van der Waals surface area contributed by atoms with Crippen LogP contribution in [-0.4, -0.2) is 67.0 Å². The molecule has 0 bridgehead atoms. The number of nitrogens with zero attached hydrogens (tertiary/aromatic N) is 2. The number of rotatable bonds is 6. The average Bonchev–Trinajstić information content (AvgIpc) is 3.03. The zero-order valence-corrected chi connectivity index (χ0v) is 14.9. The van der Waals surface area contributed by atoms with Gasteiger partial charge in [-0.15, -0.1) is 0 Å². The van der Waals surface area contributed by atoms with Crippen LogP contribution in [0.5, 0.6) is 0 Å². The van der Waals surface area contributed by atoms with Crippen molar-refractivity contribution in [1.29, 1.82) is 0 Å². The van der Waals surface area contributed by atoms with Crippen LogP contribution in [0.25, 0.3) is 0 Å². The number of carbonyl (C=O) groups is 3. The van der Waals surface area contributed by atoms with Crippen molar-refractivity contribution < 1.29 is 19.1 Å². The molecule has 0 spiro atoms. The Hall–Kier alpha value is -1.79. The van der Waals surface area contributed by atoms with Crippen molar-refractivity contribution in [2.24, 2.45) is 11.8 Å². The van der Waals surface area contributed by atoms with Gasteiger partial charge in [0, 0.05) is 32.6 Å². The second-order valence-corrected chi connectivity index (χ2v) is 7.43. The van der Waals surface area contributed by atoms with E-state index < -0.39 is 0 Å². The highest BCUT2D eigenvalue weighted by atomic mass is 16.6. The summed E-state index contributed by atoms with van der Waals surface area (Å²) in [4.78, 5) is 39.5. The van der Waals surface area contributed by atoms with Crippen LogP contribution in [0.2, 0.25) is 0 Å². The van der Waals surface area contributed by atoms with Crippen molar-refractivity contribution >= 4 is 17.9 Å². The minimum atomic E-state index is -0.309. The number of cyclic esters (lactones) is 1. The standard InChI is InChI=1S/C18H29N3O4/c22-16-7-6-15(13-21(16)12-14-4-2-1-3-5-14)17(23)19-8-9-20-10-11-25-18(20)24/h14-15H,1-13H2,(H,19,23)/t15-/m1/s1. The largest absolute Gasteiger partial charge is 0.448 e. The van der Waals surface area contributed by atoms with Gasteiger partial charge in [0.25, 0.3) is 0 Å². The van der Waals surface area contributed by atoms with E-state index in [1.54, 1.807) is 4.90 Å². The lowest BCUT2D eigenvalue weighted by Gasteiger charge is -2.35. The van der Waals surface area contributed by atoms with Crippen LogP contribution in [-0.2, 0) is 14.3 Å². The van der Waals surface area contributed by atoms with E-state index in [0.717, 1.165) is 6.54 Å². The van der Waals surface area contributed by atoms with E-state index >= 15 is 0 Å². The first kappa shape index (κ1) is 18.0. The number of hydrogen-bond acceptors (Lipinski definition) is 4. The third-order valence-corrected chi connectivity index (χ3v) is 5.60. The molecule has 1 N–H and O–H groups in total. The molecule has 2 heterocycles. The van der Waals surface area contributed by atoms with Gasteiger partial charge in [-0.1, -0.05) is 19.3 Å². The zero-order chi connectivity index (χ0) is 17.6. The van der Waals surface area contributed by atoms with Gasteiger partial charge < -0.3 is 19.9 Å². The predicted molar refractivity (Wildman–Crippen MR) is 91.8 cm³/mol. The molecule has 3 rings (SSSR count). The summed E-state index contributed by atoms with van der Waals surface area (Å²) in [5.41, 5.74) is 0. The van der Waals surface area contributed by atoms with Crippen LogP contribution < -0.4 is 5.32 Å². The van der Waals surface area contributed by atoms with Crippen molar-refractivity contribution in [2.75, 3.05) is 39.3 Å². The van der Waals surface area contributed by atoms with Crippen LogP contribution in [0.3, 0.4) is 0 Å². The third-order valence-electron chi connectivity index (χ3n) is 5.60. The van der Waals surface area contributed by atoms with E-state index in [4.69, 9.17) is 4.74 Å². The normalized spacial score (nSPS) is 25.2. The molecular formula is C18H29N3O4. The number of nitrogens with one attached hydrogen (secondary N) is 1. The Balaban J connectivity index is 1.42. The molecule has 0 aromatic rings. The highest BCUT2D eigenvalue weighted by Gasteiger charge is 2.31. The lowest BCUT2D eigenvalue weighted by atomic mass is 9.87. The molecule has 0 radical (unpaired) electrons. The summed E-state index contributed by atoms with van der Waals surface area (Å²) in [6.07, 6.45) is 7.00. The lowest BCUT2D eigenvalue weighted by molar-refractivity contribution is -0.139.